The summed E-state index contributed by atoms with van der Waals surface area (Å²) >= 11 is 0. The first-order valence-corrected chi connectivity index (χ1v) is 12.4. The van der Waals surface area contributed by atoms with Crippen LogP contribution in [0.2, 0.25) is 0 Å². The van der Waals surface area contributed by atoms with Crippen molar-refractivity contribution in [2.24, 2.45) is 0 Å². The molecule has 7 nitrogen and oxygen atoms in total. The lowest BCUT2D eigenvalue weighted by molar-refractivity contribution is -0.577. The van der Waals surface area contributed by atoms with E-state index in [4.69, 9.17) is 0 Å². The number of aromatic nitrogens is 3. The zero-order chi connectivity index (χ0) is 26.3. The second-order valence-electron chi connectivity index (χ2n) is 9.45. The molecule has 0 N–H and O–H groups in total. The maximum absolute atomic E-state index is 14.1. The predicted molar refractivity (Wildman–Crippen MR) is 140 cm³/mol. The number of imide groups is 1. The minimum atomic E-state index is -0.536. The van der Waals surface area contributed by atoms with Gasteiger partial charge in [-0.15, -0.1) is 0 Å². The third kappa shape index (κ3) is 4.12. The third-order valence-corrected chi connectivity index (χ3v) is 6.52. The minimum Gasteiger partial charge on any atom is -0.858 e. The highest BCUT2D eigenvalue weighted by atomic mass is 16.3. The number of nitrogens with zero attached hydrogens (tertiary/aromatic N) is 4. The van der Waals surface area contributed by atoms with Crippen molar-refractivity contribution < 1.29 is 19.3 Å². The fourth-order valence-electron chi connectivity index (χ4n) is 4.66. The number of amides is 2. The molecule has 0 aliphatic carbocycles. The number of pyridine rings is 1. The highest BCUT2D eigenvalue weighted by molar-refractivity contribution is 6.53. The zero-order valence-corrected chi connectivity index (χ0v) is 21.3. The van der Waals surface area contributed by atoms with Crippen molar-refractivity contribution in [2.45, 2.75) is 40.0 Å². The quantitative estimate of drug-likeness (QED) is 0.299. The van der Waals surface area contributed by atoms with Crippen LogP contribution in [0, 0.1) is 6.92 Å². The summed E-state index contributed by atoms with van der Waals surface area (Å²) in [4.78, 5) is 29.2. The van der Waals surface area contributed by atoms with Gasteiger partial charge < -0.3 is 5.11 Å². The van der Waals surface area contributed by atoms with Gasteiger partial charge in [0.15, 0.2) is 12.4 Å². The lowest BCUT2D eigenvalue weighted by atomic mass is 9.98. The largest absolute Gasteiger partial charge is 0.858 e. The molecule has 4 aromatic rings. The smallest absolute Gasteiger partial charge is 0.331 e. The molecule has 0 saturated heterocycles. The maximum atomic E-state index is 14.1. The summed E-state index contributed by atoms with van der Waals surface area (Å²) in [6.07, 6.45) is 4.32. The number of carbonyl (C=O) groups is 2. The highest BCUT2D eigenvalue weighted by Gasteiger charge is 2.47. The molecule has 0 spiro atoms. The standard InChI is InChI=1S/C30H28N4O3/c1-5-21-12-10-16-32(18-21)27-25(28(35)33(30(27)37)23-15-9-11-20(4)17-23)24-26(19(2)3)31-34(29(24)36)22-13-7-6-8-14-22/h6-19H,5H2,1-4H3. The normalized spacial score (nSPS) is 13.8. The van der Waals surface area contributed by atoms with Gasteiger partial charge in [0.05, 0.1) is 17.1 Å². The molecule has 0 radical (unpaired) electrons. The Kier molecular flexibility index (Phi) is 6.21. The van der Waals surface area contributed by atoms with Crippen molar-refractivity contribution in [1.82, 2.24) is 9.78 Å². The Hall–Kier alpha value is -4.52. The van der Waals surface area contributed by atoms with Gasteiger partial charge in [-0.05, 0) is 61.0 Å². The Bertz CT molecular complexity index is 1550. The number of benzene rings is 2. The van der Waals surface area contributed by atoms with Crippen LogP contribution in [0.25, 0.3) is 17.0 Å². The molecule has 2 amide bonds. The first kappa shape index (κ1) is 24.2. The van der Waals surface area contributed by atoms with E-state index in [0.29, 0.717) is 17.1 Å². The van der Waals surface area contributed by atoms with Crippen LogP contribution >= 0.6 is 0 Å². The number of anilines is 1. The summed E-state index contributed by atoms with van der Waals surface area (Å²) < 4.78 is 2.98. The van der Waals surface area contributed by atoms with Gasteiger partial charge in [-0.3, -0.25) is 9.59 Å². The van der Waals surface area contributed by atoms with Crippen LogP contribution in [0.1, 0.15) is 49.1 Å². The van der Waals surface area contributed by atoms with Gasteiger partial charge in [-0.25, -0.2) is 9.58 Å². The Morgan fingerprint density at radius 1 is 0.946 bits per heavy atom. The van der Waals surface area contributed by atoms with E-state index >= 15 is 0 Å². The molecule has 2 aromatic heterocycles. The van der Waals surface area contributed by atoms with Crippen molar-refractivity contribution in [3.63, 3.8) is 0 Å². The molecule has 0 fully saturated rings. The molecule has 1 aliphatic heterocycles. The van der Waals surface area contributed by atoms with Gasteiger partial charge in [0, 0.05) is 17.2 Å². The first-order valence-electron chi connectivity index (χ1n) is 12.4. The Balaban J connectivity index is 1.81. The van der Waals surface area contributed by atoms with Crippen molar-refractivity contribution >= 4 is 28.8 Å². The van der Waals surface area contributed by atoms with Gasteiger partial charge in [0.25, 0.3) is 11.6 Å². The van der Waals surface area contributed by atoms with Gasteiger partial charge >= 0.3 is 5.91 Å². The van der Waals surface area contributed by atoms with Crippen molar-refractivity contribution in [2.75, 3.05) is 4.90 Å². The number of para-hydroxylation sites is 1. The van der Waals surface area contributed by atoms with Crippen LogP contribution in [0.3, 0.4) is 0 Å². The Morgan fingerprint density at radius 2 is 1.68 bits per heavy atom. The van der Waals surface area contributed by atoms with Crippen molar-refractivity contribution in [3.8, 4) is 11.6 Å². The lowest BCUT2D eigenvalue weighted by Gasteiger charge is -2.16. The summed E-state index contributed by atoms with van der Waals surface area (Å²) in [5.74, 6) is -1.61. The van der Waals surface area contributed by atoms with E-state index in [1.165, 1.54) is 4.68 Å². The molecule has 0 unspecified atom stereocenters. The molecule has 1 aliphatic rings. The molecule has 5 rings (SSSR count). The van der Waals surface area contributed by atoms with Crippen LogP contribution in [0.4, 0.5) is 5.69 Å². The monoisotopic (exact) mass is 492 g/mol. The van der Waals surface area contributed by atoms with Crippen LogP contribution in [0.5, 0.6) is 5.88 Å². The van der Waals surface area contributed by atoms with Crippen LogP contribution in [-0.4, -0.2) is 21.6 Å². The van der Waals surface area contributed by atoms with E-state index in [1.54, 1.807) is 41.1 Å². The molecule has 2 aromatic carbocycles. The number of aryl methyl sites for hydroxylation is 2. The third-order valence-electron chi connectivity index (χ3n) is 6.52. The lowest BCUT2D eigenvalue weighted by Crippen LogP contribution is -2.40. The van der Waals surface area contributed by atoms with Crippen LogP contribution < -0.4 is 14.6 Å². The molecular weight excluding hydrogens is 464 g/mol. The van der Waals surface area contributed by atoms with Gasteiger partial charge in [-0.1, -0.05) is 51.1 Å². The molecule has 186 valence electrons. The SMILES string of the molecule is CCc1ccc[n+](C2=C(c3c(C(C)C)nn(-c4ccccc4)c3[O-])C(=O)N(c3cccc(C)c3)C2=O)c1. The van der Waals surface area contributed by atoms with E-state index in [0.717, 1.165) is 22.4 Å². The topological polar surface area (TPSA) is 82.1 Å². The Morgan fingerprint density at radius 3 is 2.35 bits per heavy atom. The van der Waals surface area contributed by atoms with E-state index in [9.17, 15) is 14.7 Å². The van der Waals surface area contributed by atoms with Gasteiger partial charge in [0.2, 0.25) is 0 Å². The highest BCUT2D eigenvalue weighted by Crippen LogP contribution is 2.40. The average Bonchev–Trinajstić information content (AvgIpc) is 3.37. The molecule has 37 heavy (non-hydrogen) atoms. The van der Waals surface area contributed by atoms with Crippen molar-refractivity contribution in [3.05, 3.63) is 102 Å². The zero-order valence-electron chi connectivity index (χ0n) is 21.3. The van der Waals surface area contributed by atoms with E-state index < -0.39 is 17.7 Å². The van der Waals surface area contributed by atoms with Gasteiger partial charge in [0.1, 0.15) is 5.57 Å². The summed E-state index contributed by atoms with van der Waals surface area (Å²) in [6.45, 7) is 7.77. The number of hydrogen-bond acceptors (Lipinski definition) is 4. The van der Waals surface area contributed by atoms with Crippen LogP contribution in [0.15, 0.2) is 79.1 Å². The average molecular weight is 493 g/mol. The first-order chi connectivity index (χ1) is 17.8. The maximum Gasteiger partial charge on any atom is 0.331 e. The number of carbonyl (C=O) groups excluding carboxylic acids is 2. The molecule has 7 heteroatoms. The molecule has 0 atom stereocenters. The second kappa shape index (κ2) is 9.50. The predicted octanol–water partition coefficient (Wildman–Crippen LogP) is 4.17. The fourth-order valence-corrected chi connectivity index (χ4v) is 4.66. The van der Waals surface area contributed by atoms with E-state index in [-0.39, 0.29) is 22.8 Å². The van der Waals surface area contributed by atoms with Crippen LogP contribution in [-0.2, 0) is 16.0 Å². The molecule has 0 bridgehead atoms. The number of hydrogen-bond donors (Lipinski definition) is 0. The molecule has 3 heterocycles. The fraction of sp³-hybridized carbons (Fsp3) is 0.200. The van der Waals surface area contributed by atoms with Gasteiger partial charge in [-0.2, -0.15) is 9.67 Å². The second-order valence-corrected chi connectivity index (χ2v) is 9.45. The summed E-state index contributed by atoms with van der Waals surface area (Å²) in [6, 6.07) is 20.1. The molecule has 0 saturated carbocycles. The summed E-state index contributed by atoms with van der Waals surface area (Å²) in [5.41, 5.74) is 3.82. The summed E-state index contributed by atoms with van der Waals surface area (Å²) in [7, 11) is 0. The molecular formula is C30H28N4O3. The minimum absolute atomic E-state index is 0.0700. The van der Waals surface area contributed by atoms with E-state index in [2.05, 4.69) is 5.10 Å². The van der Waals surface area contributed by atoms with E-state index in [1.807, 2.05) is 70.3 Å². The number of rotatable bonds is 6. The summed E-state index contributed by atoms with van der Waals surface area (Å²) in [5, 5.41) is 18.5. The Labute approximate surface area is 215 Å². The van der Waals surface area contributed by atoms with Crippen molar-refractivity contribution in [1.29, 1.82) is 0 Å².